The molecule has 0 spiro atoms. The van der Waals surface area contributed by atoms with Gasteiger partial charge in [-0.05, 0) is 24.3 Å². The number of nitrogens with zero attached hydrogens (tertiary/aromatic N) is 3. The van der Waals surface area contributed by atoms with Crippen molar-refractivity contribution >= 4 is 39.1 Å². The minimum Gasteiger partial charge on any atom is -0.497 e. The van der Waals surface area contributed by atoms with Crippen molar-refractivity contribution in [3.63, 3.8) is 0 Å². The predicted molar refractivity (Wildman–Crippen MR) is 108 cm³/mol. The molecule has 1 amide bonds. The number of aromatic nitrogens is 1. The summed E-state index contributed by atoms with van der Waals surface area (Å²) < 4.78 is 17.1. The van der Waals surface area contributed by atoms with Crippen molar-refractivity contribution < 1.29 is 28.7 Å². The topological polar surface area (TPSA) is 122 Å². The molecule has 3 rings (SSSR count). The van der Waals surface area contributed by atoms with Crippen LogP contribution in [0.2, 0.25) is 0 Å². The molecule has 30 heavy (non-hydrogen) atoms. The fourth-order valence-electron chi connectivity index (χ4n) is 2.74. The molecule has 0 saturated carbocycles. The van der Waals surface area contributed by atoms with E-state index in [0.717, 1.165) is 11.3 Å². The highest BCUT2D eigenvalue weighted by Crippen LogP contribution is 2.26. The molecule has 10 nitrogen and oxygen atoms in total. The first-order valence-electron chi connectivity index (χ1n) is 8.53. The highest BCUT2D eigenvalue weighted by molar-refractivity contribution is 7.16. The fraction of sp³-hybridized carbons (Fsp3) is 0.211. The number of carbonyl (C=O) groups is 2. The number of methoxy groups -OCH3 is 3. The van der Waals surface area contributed by atoms with E-state index in [4.69, 9.17) is 14.2 Å². The average Bonchev–Trinajstić information content (AvgIpc) is 3.08. The lowest BCUT2D eigenvalue weighted by Gasteiger charge is -2.07. The fourth-order valence-corrected chi connectivity index (χ4v) is 3.80. The lowest BCUT2D eigenvalue weighted by Crippen LogP contribution is -2.22. The van der Waals surface area contributed by atoms with Crippen LogP contribution in [-0.2, 0) is 16.1 Å². The molecule has 1 aromatic heterocycles. The molecule has 0 unspecified atom stereocenters. The second-order valence-corrected chi connectivity index (χ2v) is 6.95. The van der Waals surface area contributed by atoms with Gasteiger partial charge in [-0.1, -0.05) is 11.3 Å². The smallest absolute Gasteiger partial charge is 0.325 e. The van der Waals surface area contributed by atoms with E-state index in [0.29, 0.717) is 21.7 Å². The molecule has 0 bridgehead atoms. The Bertz CT molecular complexity index is 1210. The van der Waals surface area contributed by atoms with Crippen molar-refractivity contribution in [2.24, 2.45) is 4.99 Å². The first kappa shape index (κ1) is 21.0. The standard InChI is InChI=1S/C19H17N3O7S/c1-27-12-5-7-15(28-2)13(9-12)18(24)20-19-21(10-17(23)29-3)14-6-4-11(22(25)26)8-16(14)30-19/h4-9H,10H2,1-3H3. The number of nitro groups is 1. The lowest BCUT2D eigenvalue weighted by molar-refractivity contribution is -0.384. The van der Waals surface area contributed by atoms with Crippen molar-refractivity contribution in [3.05, 3.63) is 56.9 Å². The van der Waals surface area contributed by atoms with Crippen molar-refractivity contribution in [2.75, 3.05) is 21.3 Å². The lowest BCUT2D eigenvalue weighted by atomic mass is 10.2. The van der Waals surface area contributed by atoms with Gasteiger partial charge in [0.2, 0.25) is 0 Å². The quantitative estimate of drug-likeness (QED) is 0.334. The van der Waals surface area contributed by atoms with Crippen LogP contribution < -0.4 is 14.3 Å². The Morgan fingerprint density at radius 2 is 1.90 bits per heavy atom. The van der Waals surface area contributed by atoms with E-state index in [2.05, 4.69) is 4.99 Å². The number of ether oxygens (including phenoxy) is 3. The maximum Gasteiger partial charge on any atom is 0.325 e. The van der Waals surface area contributed by atoms with Crippen LogP contribution in [0.25, 0.3) is 10.2 Å². The highest BCUT2D eigenvalue weighted by atomic mass is 32.1. The molecular formula is C19H17N3O7S. The SMILES string of the molecule is COC(=O)Cn1c(=NC(=O)c2cc(OC)ccc2OC)sc2cc([N+](=O)[O-])ccc21. The molecule has 0 radical (unpaired) electrons. The summed E-state index contributed by atoms with van der Waals surface area (Å²) in [6.45, 7) is -0.213. The third-order valence-electron chi connectivity index (χ3n) is 4.23. The van der Waals surface area contributed by atoms with Crippen molar-refractivity contribution in [1.82, 2.24) is 4.57 Å². The number of rotatable bonds is 6. The number of amides is 1. The van der Waals surface area contributed by atoms with E-state index in [1.54, 1.807) is 12.1 Å². The van der Waals surface area contributed by atoms with E-state index >= 15 is 0 Å². The number of hydrogen-bond acceptors (Lipinski definition) is 8. The number of nitro benzene ring substituents is 1. The molecule has 3 aromatic rings. The summed E-state index contributed by atoms with van der Waals surface area (Å²) in [5.41, 5.74) is 0.575. The first-order valence-corrected chi connectivity index (χ1v) is 9.35. The van der Waals surface area contributed by atoms with E-state index in [9.17, 15) is 19.7 Å². The van der Waals surface area contributed by atoms with E-state index in [-0.39, 0.29) is 22.6 Å². The summed E-state index contributed by atoms with van der Waals surface area (Å²) in [6.07, 6.45) is 0. The van der Waals surface area contributed by atoms with E-state index < -0.39 is 16.8 Å². The van der Waals surface area contributed by atoms with Gasteiger partial charge in [-0.2, -0.15) is 4.99 Å². The van der Waals surface area contributed by atoms with Gasteiger partial charge in [0, 0.05) is 12.1 Å². The summed E-state index contributed by atoms with van der Waals surface area (Å²) in [5, 5.41) is 11.1. The minimum atomic E-state index is -0.620. The second kappa shape index (κ2) is 8.74. The Morgan fingerprint density at radius 1 is 1.13 bits per heavy atom. The van der Waals surface area contributed by atoms with Crippen LogP contribution in [0.1, 0.15) is 10.4 Å². The number of thiazole rings is 1. The van der Waals surface area contributed by atoms with Crippen molar-refractivity contribution in [2.45, 2.75) is 6.54 Å². The van der Waals surface area contributed by atoms with Gasteiger partial charge in [-0.15, -0.1) is 0 Å². The molecule has 156 valence electrons. The normalized spacial score (nSPS) is 11.4. The summed E-state index contributed by atoms with van der Waals surface area (Å²) in [4.78, 5) is 39.7. The Labute approximate surface area is 174 Å². The van der Waals surface area contributed by atoms with Gasteiger partial charge >= 0.3 is 5.97 Å². The molecule has 11 heteroatoms. The summed E-state index contributed by atoms with van der Waals surface area (Å²) in [7, 11) is 4.14. The van der Waals surface area contributed by atoms with Crippen molar-refractivity contribution in [3.8, 4) is 11.5 Å². The predicted octanol–water partition coefficient (Wildman–Crippen LogP) is 2.54. The average molecular weight is 431 g/mol. The van der Waals surface area contributed by atoms with Crippen LogP contribution in [0, 0.1) is 10.1 Å². The van der Waals surface area contributed by atoms with Gasteiger partial charge in [0.25, 0.3) is 11.6 Å². The van der Waals surface area contributed by atoms with Gasteiger partial charge in [0.1, 0.15) is 18.0 Å². The van der Waals surface area contributed by atoms with Gasteiger partial charge in [-0.25, -0.2) is 0 Å². The minimum absolute atomic E-state index is 0.110. The molecule has 1 heterocycles. The van der Waals surface area contributed by atoms with Gasteiger partial charge in [-0.3, -0.25) is 19.7 Å². The highest BCUT2D eigenvalue weighted by Gasteiger charge is 2.17. The van der Waals surface area contributed by atoms with Gasteiger partial charge in [0.15, 0.2) is 4.80 Å². The van der Waals surface area contributed by atoms with Crippen LogP contribution in [0.4, 0.5) is 5.69 Å². The molecule has 0 aliphatic heterocycles. The third kappa shape index (κ3) is 4.15. The number of hydrogen-bond donors (Lipinski definition) is 0. The molecular weight excluding hydrogens is 414 g/mol. The second-order valence-electron chi connectivity index (χ2n) is 5.94. The Kier molecular flexibility index (Phi) is 6.11. The summed E-state index contributed by atoms with van der Waals surface area (Å²) in [5.74, 6) is -0.420. The van der Waals surface area contributed by atoms with Gasteiger partial charge < -0.3 is 18.8 Å². The summed E-state index contributed by atoms with van der Waals surface area (Å²) >= 11 is 1.05. The molecule has 0 aliphatic rings. The first-order chi connectivity index (χ1) is 14.4. The largest absolute Gasteiger partial charge is 0.497 e. The van der Waals surface area contributed by atoms with E-state index in [1.165, 1.54) is 50.2 Å². The third-order valence-corrected chi connectivity index (χ3v) is 5.27. The molecule has 0 saturated heterocycles. The zero-order valence-electron chi connectivity index (χ0n) is 16.3. The molecule has 0 N–H and O–H groups in total. The van der Waals surface area contributed by atoms with Crippen LogP contribution in [-0.4, -0.2) is 42.7 Å². The Morgan fingerprint density at radius 3 is 2.53 bits per heavy atom. The van der Waals surface area contributed by atoms with Crippen LogP contribution in [0.5, 0.6) is 11.5 Å². The number of esters is 1. The Hall–Kier alpha value is -3.73. The zero-order chi connectivity index (χ0) is 21.8. The van der Waals surface area contributed by atoms with E-state index in [1.807, 2.05) is 0 Å². The van der Waals surface area contributed by atoms with Crippen LogP contribution in [0.3, 0.4) is 0 Å². The maximum absolute atomic E-state index is 12.9. The number of carbonyl (C=O) groups excluding carboxylic acids is 2. The monoisotopic (exact) mass is 431 g/mol. The van der Waals surface area contributed by atoms with Gasteiger partial charge in [0.05, 0.1) is 42.0 Å². The van der Waals surface area contributed by atoms with Crippen molar-refractivity contribution in [1.29, 1.82) is 0 Å². The maximum atomic E-state index is 12.9. The Balaban J connectivity index is 2.19. The molecule has 0 fully saturated rings. The zero-order valence-corrected chi connectivity index (χ0v) is 17.1. The number of benzene rings is 2. The number of fused-ring (bicyclic) bond motifs is 1. The molecule has 2 aromatic carbocycles. The van der Waals surface area contributed by atoms with Crippen LogP contribution in [0.15, 0.2) is 41.4 Å². The van der Waals surface area contributed by atoms with Crippen LogP contribution >= 0.6 is 11.3 Å². The molecule has 0 atom stereocenters. The number of non-ortho nitro benzene ring substituents is 1. The molecule has 0 aliphatic carbocycles. The summed E-state index contributed by atoms with van der Waals surface area (Å²) in [6, 6.07) is 8.91.